The number of rotatable bonds is 10. The van der Waals surface area contributed by atoms with Gasteiger partial charge in [-0.15, -0.1) is 5.10 Å². The molecule has 1 heterocycles. The molecule has 6 nitrogen and oxygen atoms in total. The van der Waals surface area contributed by atoms with Crippen molar-refractivity contribution in [2.75, 3.05) is 45.2 Å². The van der Waals surface area contributed by atoms with E-state index in [0.29, 0.717) is 17.8 Å². The molecule has 0 aliphatic heterocycles. The lowest BCUT2D eigenvalue weighted by Crippen LogP contribution is -2.34. The topological polar surface area (TPSA) is 57.4 Å². The molecule has 0 bridgehead atoms. The molecule has 1 rings (SSSR count). The minimum Gasteiger partial charge on any atom is -0.406 e. The average molecular weight is 297 g/mol. The Labute approximate surface area is 128 Å². The summed E-state index contributed by atoms with van der Waals surface area (Å²) in [6.45, 7) is 12.3. The summed E-state index contributed by atoms with van der Waals surface area (Å²) in [4.78, 5) is 4.34. The van der Waals surface area contributed by atoms with Crippen LogP contribution in [-0.2, 0) is 0 Å². The van der Waals surface area contributed by atoms with Gasteiger partial charge in [0.2, 0.25) is 5.89 Å². The van der Waals surface area contributed by atoms with E-state index in [4.69, 9.17) is 4.42 Å². The predicted octanol–water partition coefficient (Wildman–Crippen LogP) is 2.15. The van der Waals surface area contributed by atoms with Gasteiger partial charge in [-0.05, 0) is 39.9 Å². The van der Waals surface area contributed by atoms with E-state index in [1.54, 1.807) is 0 Å². The highest BCUT2D eigenvalue weighted by Crippen LogP contribution is 2.18. The Hall–Kier alpha value is -1.14. The lowest BCUT2D eigenvalue weighted by Gasteiger charge is -2.23. The van der Waals surface area contributed by atoms with Gasteiger partial charge < -0.3 is 19.5 Å². The van der Waals surface area contributed by atoms with E-state index >= 15 is 0 Å². The second-order valence-corrected chi connectivity index (χ2v) is 6.24. The molecule has 0 aromatic carbocycles. The van der Waals surface area contributed by atoms with Gasteiger partial charge in [0.15, 0.2) is 0 Å². The second kappa shape index (κ2) is 9.00. The lowest BCUT2D eigenvalue weighted by molar-refractivity contribution is 0.385. The molecule has 1 N–H and O–H groups in total. The third-order valence-electron chi connectivity index (χ3n) is 3.17. The van der Waals surface area contributed by atoms with Crippen LogP contribution in [0.5, 0.6) is 0 Å². The molecule has 0 spiro atoms. The Bertz CT molecular complexity index is 391. The fraction of sp³-hybridized carbons (Fsp3) is 0.867. The van der Waals surface area contributed by atoms with Gasteiger partial charge in [0.1, 0.15) is 0 Å². The van der Waals surface area contributed by atoms with Crippen LogP contribution in [0.4, 0.5) is 6.01 Å². The number of nitrogens with zero attached hydrogens (tertiary/aromatic N) is 4. The van der Waals surface area contributed by atoms with Crippen LogP contribution in [0.15, 0.2) is 4.42 Å². The molecule has 1 aromatic heterocycles. The van der Waals surface area contributed by atoms with E-state index < -0.39 is 0 Å². The van der Waals surface area contributed by atoms with Crippen molar-refractivity contribution < 1.29 is 4.42 Å². The quantitative estimate of drug-likeness (QED) is 0.714. The van der Waals surface area contributed by atoms with Gasteiger partial charge in [-0.1, -0.05) is 25.9 Å². The molecule has 0 amide bonds. The Morgan fingerprint density at radius 2 is 1.86 bits per heavy atom. The van der Waals surface area contributed by atoms with Gasteiger partial charge in [0.05, 0.1) is 6.04 Å². The van der Waals surface area contributed by atoms with Gasteiger partial charge in [-0.25, -0.2) is 0 Å². The smallest absolute Gasteiger partial charge is 0.318 e. The zero-order valence-corrected chi connectivity index (χ0v) is 14.4. The van der Waals surface area contributed by atoms with Gasteiger partial charge >= 0.3 is 6.01 Å². The van der Waals surface area contributed by atoms with Crippen LogP contribution >= 0.6 is 0 Å². The average Bonchev–Trinajstić information content (AvgIpc) is 2.89. The first-order chi connectivity index (χ1) is 9.93. The van der Waals surface area contributed by atoms with E-state index in [-0.39, 0.29) is 6.04 Å². The van der Waals surface area contributed by atoms with E-state index in [1.807, 2.05) is 0 Å². The molecule has 1 aromatic rings. The summed E-state index contributed by atoms with van der Waals surface area (Å²) in [6.07, 6.45) is 1.09. The van der Waals surface area contributed by atoms with Crippen molar-refractivity contribution in [1.29, 1.82) is 0 Å². The van der Waals surface area contributed by atoms with Crippen LogP contribution in [0, 0.1) is 5.92 Å². The highest BCUT2D eigenvalue weighted by molar-refractivity contribution is 5.24. The van der Waals surface area contributed by atoms with Crippen LogP contribution in [0.25, 0.3) is 0 Å². The van der Waals surface area contributed by atoms with Crippen LogP contribution in [-0.4, -0.2) is 55.4 Å². The highest BCUT2D eigenvalue weighted by Gasteiger charge is 2.18. The highest BCUT2D eigenvalue weighted by atomic mass is 16.4. The maximum atomic E-state index is 5.86. The monoisotopic (exact) mass is 297 g/mol. The number of hydrogen-bond acceptors (Lipinski definition) is 6. The first-order valence-electron chi connectivity index (χ1n) is 7.90. The van der Waals surface area contributed by atoms with Gasteiger partial charge in [-0.3, -0.25) is 0 Å². The summed E-state index contributed by atoms with van der Waals surface area (Å²) in [7, 11) is 4.15. The maximum absolute atomic E-state index is 5.86. The molecular weight excluding hydrogens is 266 g/mol. The largest absolute Gasteiger partial charge is 0.406 e. The van der Waals surface area contributed by atoms with Crippen molar-refractivity contribution in [1.82, 2.24) is 20.4 Å². The number of aromatic nitrogens is 2. The molecule has 1 unspecified atom stereocenters. The maximum Gasteiger partial charge on any atom is 0.318 e. The predicted molar refractivity (Wildman–Crippen MR) is 86.6 cm³/mol. The number of nitrogens with one attached hydrogen (secondary N) is 1. The van der Waals surface area contributed by atoms with Crippen molar-refractivity contribution in [2.24, 2.45) is 5.92 Å². The van der Waals surface area contributed by atoms with Crippen LogP contribution in [0.2, 0.25) is 0 Å². The standard InChI is InChI=1S/C15H31N5O/c1-7-8-16-13(4)14-17-18-15(21-14)20(11-12(2)3)10-9-19(5)6/h12-13,16H,7-11H2,1-6H3. The first-order valence-corrected chi connectivity index (χ1v) is 7.90. The van der Waals surface area contributed by atoms with Gasteiger partial charge in [-0.2, -0.15) is 0 Å². The molecular formula is C15H31N5O. The minimum absolute atomic E-state index is 0.0981. The minimum atomic E-state index is 0.0981. The van der Waals surface area contributed by atoms with Crippen molar-refractivity contribution in [3.63, 3.8) is 0 Å². The van der Waals surface area contributed by atoms with Crippen molar-refractivity contribution in [3.05, 3.63) is 5.89 Å². The van der Waals surface area contributed by atoms with Crippen LogP contribution in [0.3, 0.4) is 0 Å². The van der Waals surface area contributed by atoms with E-state index in [9.17, 15) is 0 Å². The molecule has 0 fully saturated rings. The van der Waals surface area contributed by atoms with Crippen molar-refractivity contribution in [3.8, 4) is 0 Å². The molecule has 1 atom stereocenters. The van der Waals surface area contributed by atoms with Crippen LogP contribution in [0.1, 0.15) is 46.0 Å². The molecule has 0 radical (unpaired) electrons. The Balaban J connectivity index is 2.71. The van der Waals surface area contributed by atoms with Crippen LogP contribution < -0.4 is 10.2 Å². The Kier molecular flexibility index (Phi) is 7.67. The summed E-state index contributed by atoms with van der Waals surface area (Å²) in [5.74, 6) is 1.22. The third kappa shape index (κ3) is 6.44. The van der Waals surface area contributed by atoms with E-state index in [2.05, 4.69) is 67.1 Å². The normalized spacial score (nSPS) is 13.1. The second-order valence-electron chi connectivity index (χ2n) is 6.24. The fourth-order valence-corrected chi connectivity index (χ4v) is 2.00. The van der Waals surface area contributed by atoms with Crippen molar-refractivity contribution in [2.45, 2.75) is 40.2 Å². The van der Waals surface area contributed by atoms with E-state index in [0.717, 1.165) is 32.6 Å². The lowest BCUT2D eigenvalue weighted by atomic mass is 10.2. The number of hydrogen-bond donors (Lipinski definition) is 1. The van der Waals surface area contributed by atoms with Gasteiger partial charge in [0, 0.05) is 19.6 Å². The summed E-state index contributed by atoms with van der Waals surface area (Å²) in [6, 6.07) is 0.728. The summed E-state index contributed by atoms with van der Waals surface area (Å²) >= 11 is 0. The summed E-state index contributed by atoms with van der Waals surface area (Å²) in [5, 5.41) is 11.8. The first kappa shape index (κ1) is 17.9. The number of likely N-dealkylation sites (N-methyl/N-ethyl adjacent to an activating group) is 1. The summed E-state index contributed by atoms with van der Waals surface area (Å²) in [5.41, 5.74) is 0. The summed E-state index contributed by atoms with van der Waals surface area (Å²) < 4.78 is 5.86. The Morgan fingerprint density at radius 1 is 1.14 bits per heavy atom. The third-order valence-corrected chi connectivity index (χ3v) is 3.17. The molecule has 0 aliphatic rings. The Morgan fingerprint density at radius 3 is 2.43 bits per heavy atom. The molecule has 0 saturated heterocycles. The SMILES string of the molecule is CCCNC(C)c1nnc(N(CCN(C)C)CC(C)C)o1. The molecule has 6 heteroatoms. The molecule has 21 heavy (non-hydrogen) atoms. The van der Waals surface area contributed by atoms with Crippen molar-refractivity contribution >= 4 is 6.01 Å². The van der Waals surface area contributed by atoms with E-state index in [1.165, 1.54) is 0 Å². The zero-order valence-electron chi connectivity index (χ0n) is 14.4. The molecule has 122 valence electrons. The molecule has 0 saturated carbocycles. The molecule has 0 aliphatic carbocycles. The fourth-order valence-electron chi connectivity index (χ4n) is 2.00. The zero-order chi connectivity index (χ0) is 15.8. The van der Waals surface area contributed by atoms with Gasteiger partial charge in [0.25, 0.3) is 0 Å². The number of anilines is 1.